The van der Waals surface area contributed by atoms with Crippen molar-refractivity contribution in [1.82, 2.24) is 10.4 Å². The lowest BCUT2D eigenvalue weighted by molar-refractivity contribution is -0.299. The average Bonchev–Trinajstić information content (AvgIpc) is 2.39. The minimum Gasteiger partial charge on any atom is -0.457 e. The van der Waals surface area contributed by atoms with Gasteiger partial charge in [-0.2, -0.15) is 0 Å². The van der Waals surface area contributed by atoms with Gasteiger partial charge in [-0.1, -0.05) is 0 Å². The zero-order chi connectivity index (χ0) is 17.6. The summed E-state index contributed by atoms with van der Waals surface area (Å²) in [5.74, 6) is -4.19. The van der Waals surface area contributed by atoms with E-state index < -0.39 is 52.8 Å². The predicted molar refractivity (Wildman–Crippen MR) is 75.7 cm³/mol. The number of hydrogen-bond donors (Lipinski definition) is 1. The molecule has 23 heavy (non-hydrogen) atoms. The van der Waals surface area contributed by atoms with E-state index in [-0.39, 0.29) is 12.8 Å². The van der Waals surface area contributed by atoms with Gasteiger partial charge >= 0.3 is 5.97 Å². The van der Waals surface area contributed by atoms with Crippen molar-refractivity contribution in [2.75, 3.05) is 0 Å². The highest BCUT2D eigenvalue weighted by atomic mass is 19.1. The summed E-state index contributed by atoms with van der Waals surface area (Å²) in [6.07, 6.45) is -0.714. The molecular weight excluding hydrogens is 307 g/mol. The highest BCUT2D eigenvalue weighted by Crippen LogP contribution is 2.38. The van der Waals surface area contributed by atoms with E-state index in [2.05, 4.69) is 0 Å². The summed E-state index contributed by atoms with van der Waals surface area (Å²) in [7, 11) is 0. The number of ketones is 1. The number of rotatable bonds is 2. The Morgan fingerprint density at radius 1 is 1.22 bits per heavy atom. The maximum Gasteiger partial charge on any atom is 0.358 e. The number of allylic oxidation sites excluding steroid dienone is 1. The molecule has 2 aliphatic rings. The summed E-state index contributed by atoms with van der Waals surface area (Å²) < 4.78 is 19.0. The number of hydrogen-bond acceptors (Lipinski definition) is 5. The van der Waals surface area contributed by atoms with E-state index in [1.807, 2.05) is 5.32 Å². The number of Topliss-reactive ketones (excluding diaryl/α,β-unsaturated/α-hetero) is 1. The highest BCUT2D eigenvalue weighted by Gasteiger charge is 2.47. The molecule has 1 amide bonds. The van der Waals surface area contributed by atoms with Crippen LogP contribution in [0.25, 0.3) is 0 Å². The molecule has 1 N–H and O–H groups in total. The highest BCUT2D eigenvalue weighted by molar-refractivity contribution is 6.14. The van der Waals surface area contributed by atoms with E-state index in [9.17, 15) is 24.0 Å². The molecule has 1 saturated heterocycles. The number of esters is 1. The molecule has 0 aromatic rings. The Hall–Kier alpha value is -1.80. The third-order valence-corrected chi connectivity index (χ3v) is 4.08. The van der Waals surface area contributed by atoms with E-state index in [0.29, 0.717) is 0 Å². The standard InChI is InChI=1S/C15H20FN2O5/c1-14(2)6-8(7-15(3,4)18(14)22)23-13(21)12-11(16)9(19)5-10(20)17-12/h8H,5-7H2,1-4H3,(H,17,20). The number of piperidine rings is 1. The van der Waals surface area contributed by atoms with Gasteiger partial charge in [0.2, 0.25) is 11.7 Å². The Morgan fingerprint density at radius 2 is 1.74 bits per heavy atom. The summed E-state index contributed by atoms with van der Waals surface area (Å²) in [5.41, 5.74) is -2.28. The van der Waals surface area contributed by atoms with Crippen molar-refractivity contribution in [3.63, 3.8) is 0 Å². The number of hydroxylamine groups is 2. The van der Waals surface area contributed by atoms with Gasteiger partial charge in [0.15, 0.2) is 11.5 Å². The minimum atomic E-state index is -1.30. The molecule has 2 heterocycles. The molecule has 1 radical (unpaired) electrons. The molecule has 0 unspecified atom stereocenters. The summed E-state index contributed by atoms with van der Waals surface area (Å²) in [5, 5.41) is 15.2. The van der Waals surface area contributed by atoms with Crippen LogP contribution in [0.3, 0.4) is 0 Å². The van der Waals surface area contributed by atoms with E-state index in [0.717, 1.165) is 5.06 Å². The second-order valence-corrected chi connectivity index (χ2v) is 7.19. The van der Waals surface area contributed by atoms with Crippen LogP contribution in [-0.4, -0.2) is 39.9 Å². The second-order valence-electron chi connectivity index (χ2n) is 7.19. The first-order chi connectivity index (χ1) is 10.4. The number of nitrogens with zero attached hydrogens (tertiary/aromatic N) is 1. The molecule has 1 fully saturated rings. The SMILES string of the molecule is CC1(C)CC(OC(=O)C2=C(F)C(=O)CC(=O)N2)CC(C)(C)N1[O]. The first-order valence-electron chi connectivity index (χ1n) is 7.35. The minimum absolute atomic E-state index is 0.266. The van der Waals surface area contributed by atoms with Crippen LogP contribution in [-0.2, 0) is 24.3 Å². The van der Waals surface area contributed by atoms with Crippen LogP contribution in [0.2, 0.25) is 0 Å². The lowest BCUT2D eigenvalue weighted by atomic mass is 9.80. The Kier molecular flexibility index (Phi) is 4.34. The van der Waals surface area contributed by atoms with Crippen LogP contribution in [0, 0.1) is 0 Å². The Balaban J connectivity index is 2.16. The number of carbonyl (C=O) groups excluding carboxylic acids is 3. The van der Waals surface area contributed by atoms with Crippen molar-refractivity contribution >= 4 is 17.7 Å². The van der Waals surface area contributed by atoms with E-state index >= 15 is 0 Å². The molecule has 7 nitrogen and oxygen atoms in total. The molecule has 2 aliphatic heterocycles. The second kappa shape index (κ2) is 5.68. The van der Waals surface area contributed by atoms with Crippen LogP contribution in [0.15, 0.2) is 11.5 Å². The number of ether oxygens (including phenoxy) is 1. The molecule has 0 bridgehead atoms. The van der Waals surface area contributed by atoms with Gasteiger partial charge in [0, 0.05) is 23.9 Å². The van der Waals surface area contributed by atoms with Crippen LogP contribution in [0.4, 0.5) is 4.39 Å². The molecule has 0 atom stereocenters. The Labute approximate surface area is 133 Å². The van der Waals surface area contributed by atoms with Crippen molar-refractivity contribution in [3.05, 3.63) is 11.5 Å². The lowest BCUT2D eigenvalue weighted by Crippen LogP contribution is -2.60. The molecule has 8 heteroatoms. The molecule has 0 spiro atoms. The number of halogens is 1. The molecule has 2 rings (SSSR count). The smallest absolute Gasteiger partial charge is 0.358 e. The first-order valence-corrected chi connectivity index (χ1v) is 7.35. The van der Waals surface area contributed by atoms with Crippen LogP contribution < -0.4 is 5.32 Å². The fraction of sp³-hybridized carbons (Fsp3) is 0.667. The summed E-state index contributed by atoms with van der Waals surface area (Å²) >= 11 is 0. The quantitative estimate of drug-likeness (QED) is 0.607. The lowest BCUT2D eigenvalue weighted by Gasteiger charge is -2.49. The third kappa shape index (κ3) is 3.42. The van der Waals surface area contributed by atoms with Crippen molar-refractivity contribution in [2.45, 2.75) is 64.1 Å². The van der Waals surface area contributed by atoms with E-state index in [4.69, 9.17) is 4.74 Å². The fourth-order valence-corrected chi connectivity index (χ4v) is 3.21. The van der Waals surface area contributed by atoms with Gasteiger partial charge in [0.1, 0.15) is 6.10 Å². The number of carbonyl (C=O) groups is 3. The summed E-state index contributed by atoms with van der Waals surface area (Å²) in [6, 6.07) is 0. The zero-order valence-corrected chi connectivity index (χ0v) is 13.6. The Bertz CT molecular complexity index is 579. The zero-order valence-electron chi connectivity index (χ0n) is 13.6. The number of amides is 1. The van der Waals surface area contributed by atoms with Gasteiger partial charge in [-0.05, 0) is 27.7 Å². The molecular formula is C15H20FN2O5. The Morgan fingerprint density at radius 3 is 2.26 bits per heavy atom. The van der Waals surface area contributed by atoms with E-state index in [1.165, 1.54) is 0 Å². The van der Waals surface area contributed by atoms with Gasteiger partial charge in [0.25, 0.3) is 0 Å². The summed E-state index contributed by atoms with van der Waals surface area (Å²) in [4.78, 5) is 34.7. The fourth-order valence-electron chi connectivity index (χ4n) is 3.21. The molecule has 0 aromatic heterocycles. The average molecular weight is 327 g/mol. The molecule has 0 aliphatic carbocycles. The van der Waals surface area contributed by atoms with Gasteiger partial charge in [0.05, 0.1) is 6.42 Å². The predicted octanol–water partition coefficient (Wildman–Crippen LogP) is 1.17. The van der Waals surface area contributed by atoms with Crippen molar-refractivity contribution < 1.29 is 28.7 Å². The van der Waals surface area contributed by atoms with Crippen molar-refractivity contribution in [1.29, 1.82) is 0 Å². The van der Waals surface area contributed by atoms with Gasteiger partial charge in [-0.25, -0.2) is 9.18 Å². The van der Waals surface area contributed by atoms with Crippen LogP contribution in [0.1, 0.15) is 47.0 Å². The third-order valence-electron chi connectivity index (χ3n) is 4.08. The normalized spacial score (nSPS) is 25.3. The molecule has 0 saturated carbocycles. The topological polar surface area (TPSA) is 95.6 Å². The molecule has 127 valence electrons. The monoisotopic (exact) mass is 327 g/mol. The van der Waals surface area contributed by atoms with E-state index in [1.54, 1.807) is 27.7 Å². The van der Waals surface area contributed by atoms with Crippen LogP contribution >= 0.6 is 0 Å². The van der Waals surface area contributed by atoms with Crippen LogP contribution in [0.5, 0.6) is 0 Å². The largest absolute Gasteiger partial charge is 0.457 e. The van der Waals surface area contributed by atoms with Crippen molar-refractivity contribution in [3.8, 4) is 0 Å². The first kappa shape index (κ1) is 17.6. The molecule has 0 aromatic carbocycles. The summed E-state index contributed by atoms with van der Waals surface area (Å²) in [6.45, 7) is 6.92. The van der Waals surface area contributed by atoms with Gasteiger partial charge < -0.3 is 10.1 Å². The van der Waals surface area contributed by atoms with Gasteiger partial charge in [-0.15, -0.1) is 10.3 Å². The number of nitrogens with one attached hydrogen (secondary N) is 1. The maximum atomic E-state index is 13.7. The maximum absolute atomic E-state index is 13.7. The van der Waals surface area contributed by atoms with Crippen molar-refractivity contribution in [2.24, 2.45) is 0 Å². The van der Waals surface area contributed by atoms with Gasteiger partial charge in [-0.3, -0.25) is 9.59 Å².